The Morgan fingerprint density at radius 1 is 1.22 bits per heavy atom. The minimum Gasteiger partial charge on any atom is -0.370 e. The molecule has 27 heavy (non-hydrogen) atoms. The van der Waals surface area contributed by atoms with Crippen LogP contribution in [-0.4, -0.2) is 21.2 Å². The number of nitro groups is 1. The third-order valence-electron chi connectivity index (χ3n) is 4.89. The molecule has 0 amide bonds. The predicted octanol–water partition coefficient (Wildman–Crippen LogP) is 5.11. The normalized spacial score (nSPS) is 13.6. The van der Waals surface area contributed by atoms with Crippen LogP contribution in [-0.2, 0) is 6.42 Å². The number of benzene rings is 2. The Morgan fingerprint density at radius 2 is 2.04 bits per heavy atom. The number of hydrogen-bond acceptors (Lipinski definition) is 4. The SMILES string of the molecule is Cc1ccc([N+](=O)[O-])cc1-n1nc(-c2ccccc2I)c2c1NCCCC2. The summed E-state index contributed by atoms with van der Waals surface area (Å²) in [7, 11) is 0. The second kappa shape index (κ2) is 7.30. The van der Waals surface area contributed by atoms with E-state index in [1.165, 1.54) is 11.6 Å². The number of non-ortho nitro benzene ring substituents is 1. The first kappa shape index (κ1) is 18.0. The quantitative estimate of drug-likeness (QED) is 0.326. The molecule has 1 aliphatic rings. The van der Waals surface area contributed by atoms with E-state index in [-0.39, 0.29) is 10.6 Å². The molecule has 6 nitrogen and oxygen atoms in total. The zero-order valence-corrected chi connectivity index (χ0v) is 17.1. The molecule has 3 aromatic rings. The average molecular weight is 474 g/mol. The zero-order chi connectivity index (χ0) is 19.0. The molecule has 0 unspecified atom stereocenters. The van der Waals surface area contributed by atoms with Gasteiger partial charge in [-0.15, -0.1) is 0 Å². The summed E-state index contributed by atoms with van der Waals surface area (Å²) in [4.78, 5) is 10.9. The van der Waals surface area contributed by atoms with Crippen molar-refractivity contribution in [3.63, 3.8) is 0 Å². The summed E-state index contributed by atoms with van der Waals surface area (Å²) in [5.74, 6) is 0.950. The number of nitrogens with zero attached hydrogens (tertiary/aromatic N) is 3. The number of nitro benzene ring substituents is 1. The number of aryl methyl sites for hydroxylation is 1. The van der Waals surface area contributed by atoms with Crippen LogP contribution in [0.2, 0.25) is 0 Å². The molecule has 0 atom stereocenters. The fourth-order valence-corrected chi connectivity index (χ4v) is 4.13. The topological polar surface area (TPSA) is 73.0 Å². The standard InChI is InChI=1S/C20H19IN4O2/c1-13-9-10-14(25(26)27)12-18(13)24-20-16(7-4-5-11-22-20)19(23-24)15-6-2-3-8-17(15)21/h2-3,6,8-10,12,22H,4-5,7,11H2,1H3. The Labute approximate surface area is 170 Å². The van der Waals surface area contributed by atoms with Crippen LogP contribution in [0, 0.1) is 20.6 Å². The fourth-order valence-electron chi connectivity index (χ4n) is 3.49. The van der Waals surface area contributed by atoms with Gasteiger partial charge in [-0.05, 0) is 60.4 Å². The number of rotatable bonds is 3. The smallest absolute Gasteiger partial charge is 0.271 e. The Morgan fingerprint density at radius 3 is 2.81 bits per heavy atom. The van der Waals surface area contributed by atoms with Crippen molar-refractivity contribution in [3.05, 3.63) is 67.3 Å². The maximum atomic E-state index is 11.3. The highest BCUT2D eigenvalue weighted by Crippen LogP contribution is 2.36. The van der Waals surface area contributed by atoms with Gasteiger partial charge < -0.3 is 5.32 Å². The summed E-state index contributed by atoms with van der Waals surface area (Å²) in [6.07, 6.45) is 3.13. The second-order valence-electron chi connectivity index (χ2n) is 6.68. The third-order valence-corrected chi connectivity index (χ3v) is 5.83. The number of hydrogen-bond donors (Lipinski definition) is 1. The third kappa shape index (κ3) is 3.31. The number of fused-ring (bicyclic) bond motifs is 1. The van der Waals surface area contributed by atoms with Gasteiger partial charge in [-0.2, -0.15) is 5.10 Å². The van der Waals surface area contributed by atoms with Crippen molar-refractivity contribution >= 4 is 34.1 Å². The molecule has 0 aliphatic carbocycles. The maximum Gasteiger partial charge on any atom is 0.271 e. The first-order valence-electron chi connectivity index (χ1n) is 8.92. The van der Waals surface area contributed by atoms with E-state index in [1.807, 2.05) is 23.7 Å². The fraction of sp³-hybridized carbons (Fsp3) is 0.250. The molecule has 2 aromatic carbocycles. The van der Waals surface area contributed by atoms with Gasteiger partial charge >= 0.3 is 0 Å². The Bertz CT molecular complexity index is 1030. The number of aromatic nitrogens is 2. The minimum absolute atomic E-state index is 0.0734. The van der Waals surface area contributed by atoms with E-state index in [0.717, 1.165) is 57.7 Å². The van der Waals surface area contributed by atoms with Crippen LogP contribution < -0.4 is 5.32 Å². The van der Waals surface area contributed by atoms with Gasteiger partial charge in [-0.1, -0.05) is 24.3 Å². The summed E-state index contributed by atoms with van der Waals surface area (Å²) in [5, 5.41) is 19.7. The molecule has 2 heterocycles. The van der Waals surface area contributed by atoms with Gasteiger partial charge in [0.25, 0.3) is 5.69 Å². The molecular formula is C20H19IN4O2. The van der Waals surface area contributed by atoms with Crippen LogP contribution in [0.25, 0.3) is 16.9 Å². The number of anilines is 1. The van der Waals surface area contributed by atoms with Crippen LogP contribution in [0.3, 0.4) is 0 Å². The van der Waals surface area contributed by atoms with E-state index < -0.39 is 0 Å². The molecule has 7 heteroatoms. The van der Waals surface area contributed by atoms with Gasteiger partial charge in [0, 0.05) is 33.4 Å². The Kier molecular flexibility index (Phi) is 4.86. The van der Waals surface area contributed by atoms with Crippen molar-refractivity contribution in [1.82, 2.24) is 9.78 Å². The summed E-state index contributed by atoms with van der Waals surface area (Å²) >= 11 is 2.33. The highest BCUT2D eigenvalue weighted by molar-refractivity contribution is 14.1. The van der Waals surface area contributed by atoms with E-state index in [0.29, 0.717) is 0 Å². The molecular weight excluding hydrogens is 455 g/mol. The molecule has 1 aromatic heterocycles. The second-order valence-corrected chi connectivity index (χ2v) is 7.84. The van der Waals surface area contributed by atoms with Gasteiger partial charge in [0.05, 0.1) is 16.3 Å². The lowest BCUT2D eigenvalue weighted by atomic mass is 10.0. The molecule has 0 radical (unpaired) electrons. The first-order chi connectivity index (χ1) is 13.1. The Balaban J connectivity index is 1.96. The van der Waals surface area contributed by atoms with Gasteiger partial charge in [-0.3, -0.25) is 10.1 Å². The maximum absolute atomic E-state index is 11.3. The van der Waals surface area contributed by atoms with E-state index in [1.54, 1.807) is 12.1 Å². The van der Waals surface area contributed by atoms with Crippen LogP contribution in [0.15, 0.2) is 42.5 Å². The largest absolute Gasteiger partial charge is 0.370 e. The predicted molar refractivity (Wildman–Crippen MR) is 115 cm³/mol. The van der Waals surface area contributed by atoms with Gasteiger partial charge in [0.1, 0.15) is 5.82 Å². The number of halogens is 1. The molecule has 0 fully saturated rings. The Hall–Kier alpha value is -2.42. The van der Waals surface area contributed by atoms with Crippen molar-refractivity contribution in [2.75, 3.05) is 11.9 Å². The van der Waals surface area contributed by atoms with Crippen LogP contribution >= 0.6 is 22.6 Å². The van der Waals surface area contributed by atoms with Crippen LogP contribution in [0.5, 0.6) is 0 Å². The van der Waals surface area contributed by atoms with E-state index in [9.17, 15) is 10.1 Å². The van der Waals surface area contributed by atoms with Gasteiger partial charge in [0.15, 0.2) is 0 Å². The van der Waals surface area contributed by atoms with Gasteiger partial charge in [-0.25, -0.2) is 4.68 Å². The van der Waals surface area contributed by atoms with Crippen LogP contribution in [0.1, 0.15) is 24.0 Å². The van der Waals surface area contributed by atoms with E-state index in [4.69, 9.17) is 5.10 Å². The van der Waals surface area contributed by atoms with Crippen LogP contribution in [0.4, 0.5) is 11.5 Å². The highest BCUT2D eigenvalue weighted by Gasteiger charge is 2.24. The van der Waals surface area contributed by atoms with E-state index in [2.05, 4.69) is 40.0 Å². The molecule has 1 aliphatic heterocycles. The lowest BCUT2D eigenvalue weighted by Gasteiger charge is -2.11. The van der Waals surface area contributed by atoms with Crippen molar-refractivity contribution in [1.29, 1.82) is 0 Å². The summed E-state index contributed by atoms with van der Waals surface area (Å²) in [6, 6.07) is 13.1. The molecule has 1 N–H and O–H groups in total. The minimum atomic E-state index is -0.362. The molecule has 0 bridgehead atoms. The molecule has 4 rings (SSSR count). The average Bonchev–Trinajstić information content (AvgIpc) is 2.84. The molecule has 0 spiro atoms. The van der Waals surface area contributed by atoms with Crippen molar-refractivity contribution < 1.29 is 4.92 Å². The lowest BCUT2D eigenvalue weighted by Crippen LogP contribution is -2.08. The molecule has 0 saturated carbocycles. The van der Waals surface area contributed by atoms with Gasteiger partial charge in [0.2, 0.25) is 0 Å². The highest BCUT2D eigenvalue weighted by atomic mass is 127. The van der Waals surface area contributed by atoms with Crippen molar-refractivity contribution in [2.24, 2.45) is 0 Å². The summed E-state index contributed by atoms with van der Waals surface area (Å²) < 4.78 is 2.99. The zero-order valence-electron chi connectivity index (χ0n) is 14.9. The number of nitrogens with one attached hydrogen (secondary N) is 1. The van der Waals surface area contributed by atoms with E-state index >= 15 is 0 Å². The van der Waals surface area contributed by atoms with Crippen molar-refractivity contribution in [3.8, 4) is 16.9 Å². The lowest BCUT2D eigenvalue weighted by molar-refractivity contribution is -0.384. The monoisotopic (exact) mass is 474 g/mol. The van der Waals surface area contributed by atoms with Crippen molar-refractivity contribution in [2.45, 2.75) is 26.2 Å². The summed E-state index contributed by atoms with van der Waals surface area (Å²) in [6.45, 7) is 2.83. The summed E-state index contributed by atoms with van der Waals surface area (Å²) in [5.41, 5.74) is 5.00. The first-order valence-corrected chi connectivity index (χ1v) is 10.00. The molecule has 138 valence electrons. The molecule has 0 saturated heterocycles.